The maximum Gasteiger partial charge on any atom is 0.254 e. The van der Waals surface area contributed by atoms with Crippen LogP contribution in [0.1, 0.15) is 85.2 Å². The summed E-state index contributed by atoms with van der Waals surface area (Å²) in [6, 6.07) is 72.6. The summed E-state index contributed by atoms with van der Waals surface area (Å²) in [6.45, 7) is 12.4. The Hall–Kier alpha value is -14.6. The van der Waals surface area contributed by atoms with Crippen LogP contribution in [0.3, 0.4) is 0 Å². The maximum absolute atomic E-state index is 12.6. The lowest BCUT2D eigenvalue weighted by molar-refractivity contribution is -0.112. The largest absolute Gasteiger partial charge is 0.457 e. The number of carbonyl (C=O) groups excluding carboxylic acids is 6. The summed E-state index contributed by atoms with van der Waals surface area (Å²) in [7, 11) is 0. The van der Waals surface area contributed by atoms with Gasteiger partial charge in [-0.1, -0.05) is 129 Å². The summed E-state index contributed by atoms with van der Waals surface area (Å²) in [4.78, 5) is 73.7. The Balaban J connectivity index is 0.000000143. The summed E-state index contributed by atoms with van der Waals surface area (Å²) in [5, 5.41) is 33.0. The standard InChI is InChI=1S/3C28H25N5O3/c3*1-2-24(34)31-22-11-7-6-10-21(22)23-16-17-30-28-25(27(29)35)26(32-33(23)28)18-12-14-20(15-13-18)36-19-8-4-3-5-9-19/h3*2-15,23,30H,1,16-17H2,(H2,29,35)(H,31,34). The predicted octanol–water partition coefficient (Wildman–Crippen LogP) is 14.9. The Bertz CT molecular complexity index is 4810. The van der Waals surface area contributed by atoms with E-state index in [1.165, 1.54) is 18.2 Å². The van der Waals surface area contributed by atoms with E-state index in [-0.39, 0.29) is 35.8 Å². The normalized spacial score (nSPS) is 14.3. The van der Waals surface area contributed by atoms with Crippen molar-refractivity contribution < 1.29 is 43.0 Å². The second-order valence-electron chi connectivity index (χ2n) is 25.0. The number of nitrogens with one attached hydrogen (secondary N) is 6. The average Bonchev–Trinajstić information content (AvgIpc) is 1.61. The molecule has 24 nitrogen and oxygen atoms in total. The molecule has 0 bridgehead atoms. The lowest BCUT2D eigenvalue weighted by Gasteiger charge is -2.28. The van der Waals surface area contributed by atoms with Crippen molar-refractivity contribution in [3.05, 3.63) is 308 Å². The van der Waals surface area contributed by atoms with Gasteiger partial charge in [0.15, 0.2) is 0 Å². The highest BCUT2D eigenvalue weighted by Gasteiger charge is 2.35. The number of nitrogens with two attached hydrogens (primary N) is 3. The van der Waals surface area contributed by atoms with Crippen LogP contribution >= 0.6 is 0 Å². The molecule has 6 heterocycles. The van der Waals surface area contributed by atoms with Gasteiger partial charge in [-0.3, -0.25) is 28.8 Å². The predicted molar refractivity (Wildman–Crippen MR) is 418 cm³/mol. The van der Waals surface area contributed by atoms with Gasteiger partial charge in [0.05, 0.1) is 18.1 Å². The Morgan fingerprint density at radius 2 is 0.574 bits per heavy atom. The molecule has 0 fully saturated rings. The van der Waals surface area contributed by atoms with E-state index in [2.05, 4.69) is 51.6 Å². The van der Waals surface area contributed by atoms with Crippen molar-refractivity contribution >= 4 is 70.0 Å². The van der Waals surface area contributed by atoms with Crippen molar-refractivity contribution in [1.29, 1.82) is 0 Å². The zero-order valence-electron chi connectivity index (χ0n) is 58.4. The molecule has 540 valence electrons. The van der Waals surface area contributed by atoms with Gasteiger partial charge in [-0.25, -0.2) is 14.0 Å². The van der Waals surface area contributed by atoms with Crippen LogP contribution in [-0.4, -0.2) is 84.4 Å². The van der Waals surface area contributed by atoms with Gasteiger partial charge in [0.1, 0.15) is 85.7 Å². The first-order chi connectivity index (χ1) is 52.6. The molecule has 12 aromatic rings. The first kappa shape index (κ1) is 71.8. The zero-order chi connectivity index (χ0) is 75.2. The number of fused-ring (bicyclic) bond motifs is 3. The third kappa shape index (κ3) is 16.0. The molecule has 0 saturated heterocycles. The van der Waals surface area contributed by atoms with Crippen LogP contribution in [0.2, 0.25) is 0 Å². The van der Waals surface area contributed by atoms with E-state index in [4.69, 9.17) is 46.7 Å². The lowest BCUT2D eigenvalue weighted by atomic mass is 9.99. The minimum absolute atomic E-state index is 0.213. The van der Waals surface area contributed by atoms with Gasteiger partial charge in [0.25, 0.3) is 17.7 Å². The number of primary amides is 3. The number of nitrogens with zero attached hydrogens (tertiary/aromatic N) is 6. The van der Waals surface area contributed by atoms with Crippen LogP contribution in [0, 0.1) is 0 Å². The SMILES string of the molecule is C=CC(=O)Nc1ccccc1C1CCNc2c(C(N)=O)c(-c3ccc(Oc4ccccc4)cc3)nn21.C=CC(=O)Nc1ccccc1C1CCNc2c(C(N)=O)c(-c3ccc(Oc4ccccc4)cc3)nn21.C=CC(=O)Nc1ccccc1C1CCNc2c(C(N)=O)c(-c3ccc(Oc4ccccc4)cc3)nn21. The average molecular weight is 1440 g/mol. The van der Waals surface area contributed by atoms with E-state index in [0.29, 0.717) is 124 Å². The number of aromatic nitrogens is 6. The Morgan fingerprint density at radius 3 is 0.815 bits per heavy atom. The first-order valence-electron chi connectivity index (χ1n) is 34.7. The summed E-state index contributed by atoms with van der Waals surface area (Å²) < 4.78 is 23.0. The molecule has 0 radical (unpaired) electrons. The molecule has 0 spiro atoms. The molecule has 3 aromatic heterocycles. The van der Waals surface area contributed by atoms with E-state index >= 15 is 0 Å². The van der Waals surface area contributed by atoms with E-state index in [9.17, 15) is 28.8 Å². The molecule has 108 heavy (non-hydrogen) atoms. The molecule has 6 amide bonds. The molecule has 3 aliphatic rings. The van der Waals surface area contributed by atoms with Gasteiger partial charge in [-0.05, 0) is 165 Å². The van der Waals surface area contributed by atoms with E-state index < -0.39 is 17.7 Å². The van der Waals surface area contributed by atoms with Crippen molar-refractivity contribution in [2.75, 3.05) is 51.5 Å². The number of ether oxygens (including phenoxy) is 3. The lowest BCUT2D eigenvalue weighted by Crippen LogP contribution is -2.27. The van der Waals surface area contributed by atoms with Crippen LogP contribution in [0.25, 0.3) is 33.8 Å². The molecule has 0 aliphatic carbocycles. The molecule has 24 heteroatoms. The Labute approximate surface area is 621 Å². The monoisotopic (exact) mass is 1440 g/mol. The van der Waals surface area contributed by atoms with Gasteiger partial charge in [0, 0.05) is 70.1 Å². The number of hydrogen-bond donors (Lipinski definition) is 9. The van der Waals surface area contributed by atoms with Crippen LogP contribution in [0.4, 0.5) is 34.5 Å². The number of amides is 6. The third-order valence-electron chi connectivity index (χ3n) is 18.1. The van der Waals surface area contributed by atoms with Crippen molar-refractivity contribution in [2.45, 2.75) is 37.4 Å². The number of para-hydroxylation sites is 6. The quantitative estimate of drug-likeness (QED) is 0.0302. The highest BCUT2D eigenvalue weighted by Crippen LogP contribution is 2.44. The molecule has 3 atom stereocenters. The number of hydrogen-bond acceptors (Lipinski definition) is 15. The van der Waals surface area contributed by atoms with Crippen molar-refractivity contribution in [1.82, 2.24) is 29.3 Å². The van der Waals surface area contributed by atoms with Gasteiger partial charge >= 0.3 is 0 Å². The van der Waals surface area contributed by atoms with Crippen LogP contribution in [0.5, 0.6) is 34.5 Å². The fraction of sp³-hybridized carbons (Fsp3) is 0.107. The zero-order valence-corrected chi connectivity index (χ0v) is 58.4. The van der Waals surface area contributed by atoms with Gasteiger partial charge in [0.2, 0.25) is 17.7 Å². The molecular weight excluding hydrogens is 1360 g/mol. The molecular formula is C84H75N15O9. The second-order valence-corrected chi connectivity index (χ2v) is 25.0. The number of anilines is 6. The van der Waals surface area contributed by atoms with Crippen molar-refractivity contribution in [2.24, 2.45) is 17.2 Å². The van der Waals surface area contributed by atoms with E-state index in [1.54, 1.807) is 14.0 Å². The minimum Gasteiger partial charge on any atom is -0.457 e. The van der Waals surface area contributed by atoms with E-state index in [0.717, 1.165) is 50.6 Å². The van der Waals surface area contributed by atoms with Crippen molar-refractivity contribution in [3.8, 4) is 68.3 Å². The van der Waals surface area contributed by atoms with E-state index in [1.807, 2.05) is 237 Å². The summed E-state index contributed by atoms with van der Waals surface area (Å²) >= 11 is 0. The molecule has 15 rings (SSSR count). The molecule has 12 N–H and O–H groups in total. The maximum atomic E-state index is 12.6. The minimum atomic E-state index is -0.572. The highest BCUT2D eigenvalue weighted by molar-refractivity contribution is 6.06. The fourth-order valence-corrected chi connectivity index (χ4v) is 13.2. The number of benzene rings is 9. The fourth-order valence-electron chi connectivity index (χ4n) is 13.2. The van der Waals surface area contributed by atoms with Crippen LogP contribution in [-0.2, 0) is 14.4 Å². The molecule has 3 unspecified atom stereocenters. The summed E-state index contributed by atoms with van der Waals surface area (Å²) in [5.74, 6) is 3.25. The van der Waals surface area contributed by atoms with Gasteiger partial charge in [-0.15, -0.1) is 0 Å². The smallest absolute Gasteiger partial charge is 0.254 e. The number of carbonyl (C=O) groups is 6. The summed E-state index contributed by atoms with van der Waals surface area (Å²) in [6.07, 6.45) is 5.80. The Morgan fingerprint density at radius 1 is 0.343 bits per heavy atom. The summed E-state index contributed by atoms with van der Waals surface area (Å²) in [5.41, 5.74) is 26.7. The van der Waals surface area contributed by atoms with Gasteiger partial charge < -0.3 is 63.3 Å². The Kier molecular flexibility index (Phi) is 21.8. The first-order valence-corrected chi connectivity index (χ1v) is 34.7. The molecule has 3 aliphatic heterocycles. The van der Waals surface area contributed by atoms with Crippen molar-refractivity contribution in [3.63, 3.8) is 0 Å². The number of rotatable bonds is 21. The molecule has 0 saturated carbocycles. The van der Waals surface area contributed by atoms with Gasteiger partial charge in [-0.2, -0.15) is 15.3 Å². The topological polar surface area (TPSA) is 334 Å². The van der Waals surface area contributed by atoms with Crippen LogP contribution < -0.4 is 63.3 Å². The molecule has 9 aromatic carbocycles. The highest BCUT2D eigenvalue weighted by atomic mass is 16.5. The van der Waals surface area contributed by atoms with Crippen LogP contribution in [0.15, 0.2) is 275 Å². The third-order valence-corrected chi connectivity index (χ3v) is 18.1. The second kappa shape index (κ2) is 32.8.